The van der Waals surface area contributed by atoms with E-state index >= 15 is 0 Å². The van der Waals surface area contributed by atoms with Crippen molar-refractivity contribution in [3.63, 3.8) is 0 Å². The van der Waals surface area contributed by atoms with Crippen molar-refractivity contribution in [2.45, 2.75) is 36.6 Å². The average molecular weight is 448 g/mol. The number of likely N-dealkylation sites (tertiary alicyclic amines) is 1. The molecule has 0 aliphatic carbocycles. The second kappa shape index (κ2) is 8.88. The third-order valence-corrected chi connectivity index (χ3v) is 8.61. The predicted octanol–water partition coefficient (Wildman–Crippen LogP) is 2.95. The van der Waals surface area contributed by atoms with Gasteiger partial charge >= 0.3 is 0 Å². The summed E-state index contributed by atoms with van der Waals surface area (Å²) in [7, 11) is 0.307. The van der Waals surface area contributed by atoms with Gasteiger partial charge in [-0.2, -0.15) is 4.31 Å². The smallest absolute Gasteiger partial charge is 0.246 e. The Labute approximate surface area is 177 Å². The maximum atomic E-state index is 13.0. The molecule has 156 valence electrons. The molecule has 0 spiro atoms. The molecule has 2 aliphatic heterocycles. The van der Waals surface area contributed by atoms with E-state index < -0.39 is 10.0 Å². The number of hydrogen-bond acceptors (Lipinski definition) is 4. The van der Waals surface area contributed by atoms with E-state index in [1.54, 1.807) is 6.07 Å². The topological polar surface area (TPSA) is 60.9 Å². The molecule has 1 aromatic rings. The first kappa shape index (κ1) is 21.8. The van der Waals surface area contributed by atoms with Crippen LogP contribution in [0.3, 0.4) is 0 Å². The number of piperidine rings is 2. The molecule has 3 rings (SSSR count). The second-order valence-electron chi connectivity index (χ2n) is 7.77. The van der Waals surface area contributed by atoms with Gasteiger partial charge in [0.15, 0.2) is 0 Å². The molecule has 1 aromatic carbocycles. The molecule has 1 unspecified atom stereocenters. The molecule has 2 heterocycles. The maximum Gasteiger partial charge on any atom is 0.246 e. The summed E-state index contributed by atoms with van der Waals surface area (Å²) in [6.07, 6.45) is 3.14. The van der Waals surface area contributed by atoms with Gasteiger partial charge in [-0.1, -0.05) is 29.3 Å². The Morgan fingerprint density at radius 1 is 1.07 bits per heavy atom. The Morgan fingerprint density at radius 2 is 1.68 bits per heavy atom. The fourth-order valence-electron chi connectivity index (χ4n) is 4.04. The molecule has 2 fully saturated rings. The van der Waals surface area contributed by atoms with Crippen LogP contribution in [0.1, 0.15) is 25.7 Å². The van der Waals surface area contributed by atoms with Crippen molar-refractivity contribution in [2.24, 2.45) is 5.92 Å². The van der Waals surface area contributed by atoms with Crippen LogP contribution in [0.5, 0.6) is 0 Å². The number of benzene rings is 1. The summed E-state index contributed by atoms with van der Waals surface area (Å²) in [6, 6.07) is 5.05. The van der Waals surface area contributed by atoms with Crippen molar-refractivity contribution in [1.29, 1.82) is 0 Å². The van der Waals surface area contributed by atoms with E-state index in [0.29, 0.717) is 32.0 Å². The lowest BCUT2D eigenvalue weighted by molar-refractivity contribution is -0.138. The molecular weight excluding hydrogens is 421 g/mol. The van der Waals surface area contributed by atoms with Crippen LogP contribution < -0.4 is 0 Å². The number of likely N-dealkylation sites (N-methyl/N-ethyl adjacent to an activating group) is 1. The molecule has 0 radical (unpaired) electrons. The van der Waals surface area contributed by atoms with Crippen molar-refractivity contribution in [2.75, 3.05) is 40.3 Å². The highest BCUT2D eigenvalue weighted by atomic mass is 35.5. The third-order valence-electron chi connectivity index (χ3n) is 5.76. The molecule has 2 aliphatic rings. The molecule has 1 atom stereocenters. The van der Waals surface area contributed by atoms with Crippen molar-refractivity contribution in [1.82, 2.24) is 14.1 Å². The minimum atomic E-state index is -3.78. The van der Waals surface area contributed by atoms with E-state index in [1.165, 1.54) is 16.4 Å². The lowest BCUT2D eigenvalue weighted by Gasteiger charge is -2.39. The number of carbonyl (C=O) groups excluding carboxylic acids is 1. The minimum Gasteiger partial charge on any atom is -0.341 e. The van der Waals surface area contributed by atoms with E-state index in [2.05, 4.69) is 4.90 Å². The van der Waals surface area contributed by atoms with Gasteiger partial charge in [-0.25, -0.2) is 8.42 Å². The van der Waals surface area contributed by atoms with E-state index in [-0.39, 0.29) is 26.8 Å². The maximum absolute atomic E-state index is 13.0. The number of sulfonamides is 1. The first-order chi connectivity index (χ1) is 13.2. The fourth-order valence-corrected chi connectivity index (χ4v) is 6.60. The van der Waals surface area contributed by atoms with Crippen LogP contribution in [0.25, 0.3) is 0 Å². The van der Waals surface area contributed by atoms with Gasteiger partial charge in [0.25, 0.3) is 0 Å². The van der Waals surface area contributed by atoms with E-state index in [9.17, 15) is 13.2 Å². The first-order valence-corrected chi connectivity index (χ1v) is 11.8. The Bertz CT molecular complexity index is 803. The van der Waals surface area contributed by atoms with Gasteiger partial charge in [-0.15, -0.1) is 0 Å². The van der Waals surface area contributed by atoms with Crippen LogP contribution in [-0.4, -0.2) is 74.7 Å². The van der Waals surface area contributed by atoms with Gasteiger partial charge in [0.1, 0.15) is 4.90 Å². The number of rotatable bonds is 4. The lowest BCUT2D eigenvalue weighted by atomic mass is 9.94. The molecule has 28 heavy (non-hydrogen) atoms. The number of hydrogen-bond donors (Lipinski definition) is 0. The minimum absolute atomic E-state index is 0.0482. The number of nitrogens with zero attached hydrogens (tertiary/aromatic N) is 3. The van der Waals surface area contributed by atoms with Crippen LogP contribution in [0.2, 0.25) is 10.0 Å². The third kappa shape index (κ3) is 4.49. The van der Waals surface area contributed by atoms with E-state index in [4.69, 9.17) is 23.2 Å². The highest BCUT2D eigenvalue weighted by Gasteiger charge is 2.36. The average Bonchev–Trinajstić information content (AvgIpc) is 2.67. The molecule has 0 bridgehead atoms. The Hall–Kier alpha value is -0.860. The van der Waals surface area contributed by atoms with Crippen LogP contribution in [0, 0.1) is 5.92 Å². The molecule has 9 heteroatoms. The zero-order valence-electron chi connectivity index (χ0n) is 16.3. The zero-order valence-corrected chi connectivity index (χ0v) is 18.6. The van der Waals surface area contributed by atoms with Gasteiger partial charge < -0.3 is 9.80 Å². The number of amides is 1. The highest BCUT2D eigenvalue weighted by molar-refractivity contribution is 7.89. The molecule has 0 saturated carbocycles. The Morgan fingerprint density at radius 3 is 2.25 bits per heavy atom. The SMILES string of the molecule is CN(C)C1CCCN(C(=O)C2CCN(S(=O)(=O)c3c(Cl)cccc3Cl)CC2)C1. The van der Waals surface area contributed by atoms with Crippen LogP contribution in [-0.2, 0) is 14.8 Å². The summed E-state index contributed by atoms with van der Waals surface area (Å²) in [6.45, 7) is 2.13. The Kier molecular flexibility index (Phi) is 6.92. The van der Waals surface area contributed by atoms with E-state index in [1.807, 2.05) is 19.0 Å². The van der Waals surface area contributed by atoms with Gasteiger partial charge in [0.2, 0.25) is 15.9 Å². The molecule has 6 nitrogen and oxygen atoms in total. The standard InChI is InChI=1S/C19H27Cl2N3O3S/c1-22(2)15-5-4-10-23(13-15)19(25)14-8-11-24(12-9-14)28(26,27)18-16(20)6-3-7-17(18)21/h3,6-7,14-15H,4-5,8-13H2,1-2H3. The summed E-state index contributed by atoms with van der Waals surface area (Å²) in [4.78, 5) is 17.0. The number of halogens is 2. The highest BCUT2D eigenvalue weighted by Crippen LogP contribution is 2.33. The van der Waals surface area contributed by atoms with Crippen molar-refractivity contribution >= 4 is 39.1 Å². The van der Waals surface area contributed by atoms with Crippen LogP contribution in [0.4, 0.5) is 0 Å². The Balaban J connectivity index is 1.65. The van der Waals surface area contributed by atoms with Crippen molar-refractivity contribution < 1.29 is 13.2 Å². The second-order valence-corrected chi connectivity index (χ2v) is 10.5. The van der Waals surface area contributed by atoms with Gasteiger partial charge in [-0.05, 0) is 51.9 Å². The van der Waals surface area contributed by atoms with Crippen LogP contribution >= 0.6 is 23.2 Å². The molecule has 0 aromatic heterocycles. The van der Waals surface area contributed by atoms with E-state index in [0.717, 1.165) is 25.9 Å². The lowest BCUT2D eigenvalue weighted by Crippen LogP contribution is -2.51. The molecule has 1 amide bonds. The van der Waals surface area contributed by atoms with Gasteiger partial charge in [0, 0.05) is 38.1 Å². The molecule has 0 N–H and O–H groups in total. The summed E-state index contributed by atoms with van der Waals surface area (Å²) < 4.78 is 27.4. The summed E-state index contributed by atoms with van der Waals surface area (Å²) in [5.74, 6) is 0.0217. The van der Waals surface area contributed by atoms with Crippen LogP contribution in [0.15, 0.2) is 23.1 Å². The summed E-state index contributed by atoms with van der Waals surface area (Å²) >= 11 is 12.2. The molecular formula is C19H27Cl2N3O3S. The van der Waals surface area contributed by atoms with Gasteiger partial charge in [-0.3, -0.25) is 4.79 Å². The largest absolute Gasteiger partial charge is 0.341 e. The normalized spacial score (nSPS) is 22.6. The van der Waals surface area contributed by atoms with Gasteiger partial charge in [0.05, 0.1) is 10.0 Å². The summed E-state index contributed by atoms with van der Waals surface area (Å²) in [5.41, 5.74) is 0. The number of carbonyl (C=O) groups is 1. The molecule has 2 saturated heterocycles. The van der Waals surface area contributed by atoms with Crippen molar-refractivity contribution in [3.8, 4) is 0 Å². The monoisotopic (exact) mass is 447 g/mol. The fraction of sp³-hybridized carbons (Fsp3) is 0.632. The first-order valence-electron chi connectivity index (χ1n) is 9.61. The zero-order chi connectivity index (χ0) is 20.5. The predicted molar refractivity (Wildman–Crippen MR) is 111 cm³/mol. The van der Waals surface area contributed by atoms with Crippen molar-refractivity contribution in [3.05, 3.63) is 28.2 Å². The summed E-state index contributed by atoms with van der Waals surface area (Å²) in [5, 5.41) is 0.238. The quantitative estimate of drug-likeness (QED) is 0.711.